The average molecular weight is 351 g/mol. The summed E-state index contributed by atoms with van der Waals surface area (Å²) in [5, 5.41) is 0.995. The lowest BCUT2D eigenvalue weighted by Crippen LogP contribution is -2.51. The van der Waals surface area contributed by atoms with Crippen LogP contribution in [-0.2, 0) is 4.79 Å². The highest BCUT2D eigenvalue weighted by Crippen LogP contribution is 2.44. The number of hydrogen-bond donors (Lipinski definition) is 1. The van der Waals surface area contributed by atoms with Crippen molar-refractivity contribution in [3.8, 4) is 0 Å². The molecule has 0 bridgehead atoms. The van der Waals surface area contributed by atoms with Crippen LogP contribution in [-0.4, -0.2) is 22.6 Å². The van der Waals surface area contributed by atoms with Crippen LogP contribution in [0, 0.1) is 0 Å². The van der Waals surface area contributed by atoms with Crippen LogP contribution in [0.4, 0.5) is 13.2 Å². The molecule has 110 valence electrons. The van der Waals surface area contributed by atoms with Crippen LogP contribution in [0.2, 0.25) is 0 Å². The van der Waals surface area contributed by atoms with E-state index in [0.717, 1.165) is 5.01 Å². The third-order valence-corrected chi connectivity index (χ3v) is 3.98. The van der Waals surface area contributed by atoms with E-state index in [4.69, 9.17) is 0 Å². The molecule has 1 saturated heterocycles. The van der Waals surface area contributed by atoms with Crippen LogP contribution in [0.1, 0.15) is 31.9 Å². The van der Waals surface area contributed by atoms with Gasteiger partial charge in [0.25, 0.3) is 0 Å². The first-order chi connectivity index (χ1) is 9.13. The molecule has 0 unspecified atom stereocenters. The third kappa shape index (κ3) is 2.83. The highest BCUT2D eigenvalue weighted by molar-refractivity contribution is 9.10. The van der Waals surface area contributed by atoms with Gasteiger partial charge in [0.2, 0.25) is 5.91 Å². The molecule has 1 aliphatic rings. The lowest BCUT2D eigenvalue weighted by atomic mass is 9.97. The molecule has 7 heteroatoms. The number of carbonyl (C=O) groups excluding carboxylic acids is 1. The molecule has 0 radical (unpaired) electrons. The van der Waals surface area contributed by atoms with Crippen molar-refractivity contribution in [1.82, 2.24) is 10.4 Å². The Bertz CT molecular complexity index is 531. The number of nitrogens with one attached hydrogen (secondary N) is 1. The van der Waals surface area contributed by atoms with E-state index in [-0.39, 0.29) is 12.0 Å². The Morgan fingerprint density at radius 1 is 1.35 bits per heavy atom. The maximum atomic E-state index is 13.5. The quantitative estimate of drug-likeness (QED) is 0.884. The molecule has 1 aromatic carbocycles. The van der Waals surface area contributed by atoms with Gasteiger partial charge in [0.15, 0.2) is 6.04 Å². The minimum Gasteiger partial charge on any atom is -0.287 e. The zero-order valence-corrected chi connectivity index (χ0v) is 12.5. The molecule has 1 aliphatic heterocycles. The van der Waals surface area contributed by atoms with Gasteiger partial charge in [-0.3, -0.25) is 10.2 Å². The van der Waals surface area contributed by atoms with Crippen LogP contribution < -0.4 is 5.43 Å². The highest BCUT2D eigenvalue weighted by Gasteiger charge is 2.53. The number of halogens is 4. The molecule has 2 rings (SSSR count). The van der Waals surface area contributed by atoms with Gasteiger partial charge in [-0.15, -0.1) is 0 Å². The summed E-state index contributed by atoms with van der Waals surface area (Å²) in [6.07, 6.45) is -4.47. The molecule has 1 amide bonds. The maximum Gasteiger partial charge on any atom is 0.409 e. The summed E-state index contributed by atoms with van der Waals surface area (Å²) in [5.41, 5.74) is 1.50. The standard InChI is InChI=1S/C13H14BrF3N2O/c1-12(2)7-10(20)18-19(12)11(13(15,16)17)8-5-3-4-6-9(8)14/h3-6,11H,7H2,1-2H3,(H,18,20)/t11-/m0/s1. The molecular formula is C13H14BrF3N2O. The van der Waals surface area contributed by atoms with E-state index < -0.39 is 23.7 Å². The molecule has 1 N–H and O–H groups in total. The number of hydrogen-bond acceptors (Lipinski definition) is 2. The van der Waals surface area contributed by atoms with E-state index in [0.29, 0.717) is 4.47 Å². The first-order valence-electron chi connectivity index (χ1n) is 6.03. The number of amides is 1. The molecule has 0 aromatic heterocycles. The van der Waals surface area contributed by atoms with Gasteiger partial charge in [-0.25, -0.2) is 0 Å². The maximum absolute atomic E-state index is 13.5. The molecule has 0 aliphatic carbocycles. The van der Waals surface area contributed by atoms with Crippen molar-refractivity contribution < 1.29 is 18.0 Å². The van der Waals surface area contributed by atoms with E-state index >= 15 is 0 Å². The Morgan fingerprint density at radius 3 is 2.40 bits per heavy atom. The van der Waals surface area contributed by atoms with Gasteiger partial charge in [0, 0.05) is 16.4 Å². The minimum absolute atomic E-state index is 0.0318. The lowest BCUT2D eigenvalue weighted by Gasteiger charge is -2.38. The number of rotatable bonds is 2. The second-order valence-electron chi connectivity index (χ2n) is 5.36. The predicted octanol–water partition coefficient (Wildman–Crippen LogP) is 3.57. The smallest absolute Gasteiger partial charge is 0.287 e. The van der Waals surface area contributed by atoms with Gasteiger partial charge in [0.1, 0.15) is 0 Å². The fraction of sp³-hybridized carbons (Fsp3) is 0.462. The van der Waals surface area contributed by atoms with Gasteiger partial charge in [-0.2, -0.15) is 18.2 Å². The van der Waals surface area contributed by atoms with Crippen LogP contribution in [0.25, 0.3) is 0 Å². The van der Waals surface area contributed by atoms with Crippen molar-refractivity contribution in [2.45, 2.75) is 38.0 Å². The van der Waals surface area contributed by atoms with Gasteiger partial charge in [0.05, 0.1) is 0 Å². The van der Waals surface area contributed by atoms with Gasteiger partial charge < -0.3 is 0 Å². The second kappa shape index (κ2) is 5.04. The number of alkyl halides is 3. The highest BCUT2D eigenvalue weighted by atomic mass is 79.9. The largest absolute Gasteiger partial charge is 0.409 e. The molecule has 1 atom stereocenters. The monoisotopic (exact) mass is 350 g/mol. The SMILES string of the molecule is CC1(C)CC(=O)NN1[C@@H](c1ccccc1Br)C(F)(F)F. The van der Waals surface area contributed by atoms with Crippen molar-refractivity contribution >= 4 is 21.8 Å². The summed E-state index contributed by atoms with van der Waals surface area (Å²) < 4.78 is 40.8. The Balaban J connectivity index is 2.50. The van der Waals surface area contributed by atoms with Crippen molar-refractivity contribution in [2.75, 3.05) is 0 Å². The van der Waals surface area contributed by atoms with Gasteiger partial charge in [-0.05, 0) is 25.5 Å². The van der Waals surface area contributed by atoms with Gasteiger partial charge in [-0.1, -0.05) is 34.1 Å². The molecular weight excluding hydrogens is 337 g/mol. The van der Waals surface area contributed by atoms with Crippen molar-refractivity contribution in [2.24, 2.45) is 0 Å². The van der Waals surface area contributed by atoms with Gasteiger partial charge >= 0.3 is 6.18 Å². The zero-order chi connectivity index (χ0) is 15.1. The van der Waals surface area contributed by atoms with E-state index in [1.807, 2.05) is 0 Å². The summed E-state index contributed by atoms with van der Waals surface area (Å²) in [6.45, 7) is 3.22. The molecule has 3 nitrogen and oxygen atoms in total. The Hall–Kier alpha value is -1.08. The fourth-order valence-corrected chi connectivity index (χ4v) is 2.88. The molecule has 20 heavy (non-hydrogen) atoms. The number of nitrogens with zero attached hydrogens (tertiary/aromatic N) is 1. The Labute approximate surface area is 123 Å². The van der Waals surface area contributed by atoms with Crippen LogP contribution in [0.5, 0.6) is 0 Å². The summed E-state index contributed by atoms with van der Waals surface area (Å²) in [5.74, 6) is -0.406. The van der Waals surface area contributed by atoms with Crippen LogP contribution >= 0.6 is 15.9 Å². The summed E-state index contributed by atoms with van der Waals surface area (Å²) in [6, 6.07) is 4.26. The fourth-order valence-electron chi connectivity index (χ4n) is 2.38. The van der Waals surface area contributed by atoms with E-state index in [1.54, 1.807) is 32.0 Å². The summed E-state index contributed by atoms with van der Waals surface area (Å²) >= 11 is 3.15. The molecule has 0 spiro atoms. The van der Waals surface area contributed by atoms with Crippen molar-refractivity contribution in [1.29, 1.82) is 0 Å². The van der Waals surface area contributed by atoms with Crippen LogP contribution in [0.3, 0.4) is 0 Å². The van der Waals surface area contributed by atoms with E-state index in [1.165, 1.54) is 6.07 Å². The Kier molecular flexibility index (Phi) is 3.85. The van der Waals surface area contributed by atoms with E-state index in [9.17, 15) is 18.0 Å². The van der Waals surface area contributed by atoms with Crippen molar-refractivity contribution in [3.05, 3.63) is 34.3 Å². The number of carbonyl (C=O) groups is 1. The number of benzene rings is 1. The first-order valence-corrected chi connectivity index (χ1v) is 6.82. The predicted molar refractivity (Wildman–Crippen MR) is 71.6 cm³/mol. The average Bonchev–Trinajstić information content (AvgIpc) is 2.53. The second-order valence-corrected chi connectivity index (χ2v) is 6.21. The Morgan fingerprint density at radius 2 is 1.95 bits per heavy atom. The molecule has 1 aromatic rings. The molecule has 1 heterocycles. The zero-order valence-electron chi connectivity index (χ0n) is 11.0. The van der Waals surface area contributed by atoms with Crippen molar-refractivity contribution in [3.63, 3.8) is 0 Å². The minimum atomic E-state index is -4.50. The summed E-state index contributed by atoms with van der Waals surface area (Å²) in [7, 11) is 0. The third-order valence-electron chi connectivity index (χ3n) is 3.26. The van der Waals surface area contributed by atoms with E-state index in [2.05, 4.69) is 21.4 Å². The number of hydrazine groups is 1. The normalized spacial score (nSPS) is 20.8. The topological polar surface area (TPSA) is 32.3 Å². The molecule has 0 saturated carbocycles. The first kappa shape index (κ1) is 15.3. The lowest BCUT2D eigenvalue weighted by molar-refractivity contribution is -0.204. The summed E-state index contributed by atoms with van der Waals surface area (Å²) in [4.78, 5) is 11.5. The molecule has 1 fully saturated rings. The van der Waals surface area contributed by atoms with Crippen LogP contribution in [0.15, 0.2) is 28.7 Å².